The summed E-state index contributed by atoms with van der Waals surface area (Å²) in [5, 5.41) is 0. The van der Waals surface area contributed by atoms with Crippen molar-refractivity contribution in [3.8, 4) is 0 Å². The maximum absolute atomic E-state index is 13.0. The van der Waals surface area contributed by atoms with E-state index in [1.54, 1.807) is 19.5 Å². The van der Waals surface area contributed by atoms with Gasteiger partial charge in [0.15, 0.2) is 0 Å². The summed E-state index contributed by atoms with van der Waals surface area (Å²) in [6.45, 7) is 4.26. The van der Waals surface area contributed by atoms with Crippen LogP contribution in [-0.4, -0.2) is 53.7 Å². The van der Waals surface area contributed by atoms with Crippen LogP contribution in [0.2, 0.25) is 0 Å². The number of morpholine rings is 1. The van der Waals surface area contributed by atoms with Crippen molar-refractivity contribution in [3.63, 3.8) is 0 Å². The highest BCUT2D eigenvalue weighted by Crippen LogP contribution is 2.18. The van der Waals surface area contributed by atoms with Gasteiger partial charge < -0.3 is 14.4 Å². The normalized spacial score (nSPS) is 17.3. The highest BCUT2D eigenvalue weighted by Gasteiger charge is 2.28. The molecule has 138 valence electrons. The van der Waals surface area contributed by atoms with E-state index in [-0.39, 0.29) is 11.9 Å². The molecular weight excluding hydrogens is 330 g/mol. The number of hydrogen-bond acceptors (Lipinski definition) is 5. The second-order valence-electron chi connectivity index (χ2n) is 6.48. The molecule has 0 unspecified atom stereocenters. The lowest BCUT2D eigenvalue weighted by Gasteiger charge is -2.36. The Balaban J connectivity index is 1.67. The van der Waals surface area contributed by atoms with Crippen molar-refractivity contribution in [2.45, 2.75) is 32.4 Å². The Hall–Kier alpha value is -2.31. The molecule has 0 spiro atoms. The third kappa shape index (κ3) is 4.45. The number of amides is 1. The Morgan fingerprint density at radius 2 is 2.04 bits per heavy atom. The first-order valence-corrected chi connectivity index (χ1v) is 8.92. The van der Waals surface area contributed by atoms with E-state index in [1.807, 2.05) is 36.1 Å². The van der Waals surface area contributed by atoms with Crippen LogP contribution in [0.1, 0.15) is 33.7 Å². The van der Waals surface area contributed by atoms with Crippen LogP contribution >= 0.6 is 0 Å². The summed E-state index contributed by atoms with van der Waals surface area (Å²) in [6.07, 6.45) is 5.01. The number of ether oxygens (including phenoxy) is 2. The number of carbonyl (C=O) groups excluding carboxylic acids is 1. The van der Waals surface area contributed by atoms with Crippen LogP contribution in [0.4, 0.5) is 0 Å². The van der Waals surface area contributed by atoms with Gasteiger partial charge in [-0.2, -0.15) is 0 Å². The second kappa shape index (κ2) is 8.87. The summed E-state index contributed by atoms with van der Waals surface area (Å²) in [6, 6.07) is 7.67. The van der Waals surface area contributed by atoms with Gasteiger partial charge in [0.05, 0.1) is 37.3 Å². The first kappa shape index (κ1) is 18.5. The Kier molecular flexibility index (Phi) is 6.30. The molecule has 1 fully saturated rings. The predicted octanol–water partition coefficient (Wildman–Crippen LogP) is 2.41. The summed E-state index contributed by atoms with van der Waals surface area (Å²) in [5.41, 5.74) is 3.68. The van der Waals surface area contributed by atoms with E-state index in [0.29, 0.717) is 31.9 Å². The van der Waals surface area contributed by atoms with Gasteiger partial charge in [-0.15, -0.1) is 0 Å². The lowest BCUT2D eigenvalue weighted by atomic mass is 10.0. The Morgan fingerprint density at radius 1 is 1.27 bits per heavy atom. The quantitative estimate of drug-likeness (QED) is 0.796. The molecule has 1 aromatic carbocycles. The van der Waals surface area contributed by atoms with Gasteiger partial charge in [0.25, 0.3) is 5.91 Å². The van der Waals surface area contributed by atoms with Crippen LogP contribution < -0.4 is 0 Å². The largest absolute Gasteiger partial charge is 0.380 e. The average Bonchev–Trinajstić information content (AvgIpc) is 2.68. The predicted molar refractivity (Wildman–Crippen MR) is 97.9 cm³/mol. The van der Waals surface area contributed by atoms with E-state index in [2.05, 4.69) is 9.97 Å². The van der Waals surface area contributed by atoms with Gasteiger partial charge in [-0.25, -0.2) is 0 Å². The fourth-order valence-corrected chi connectivity index (χ4v) is 3.22. The van der Waals surface area contributed by atoms with Gasteiger partial charge in [-0.3, -0.25) is 14.8 Å². The summed E-state index contributed by atoms with van der Waals surface area (Å²) in [7, 11) is 1.66. The molecule has 6 heteroatoms. The molecule has 1 amide bonds. The van der Waals surface area contributed by atoms with Crippen molar-refractivity contribution in [2.24, 2.45) is 0 Å². The van der Waals surface area contributed by atoms with Crippen molar-refractivity contribution in [2.75, 3.05) is 26.9 Å². The molecule has 0 aliphatic carbocycles. The molecule has 1 aliphatic heterocycles. The SMILES string of the molecule is COCc1ccc(C(=O)N2CCOC[C@H]2CCc2nccnc2C)cc1. The summed E-state index contributed by atoms with van der Waals surface area (Å²) >= 11 is 0. The first-order chi connectivity index (χ1) is 12.7. The number of aromatic nitrogens is 2. The van der Waals surface area contributed by atoms with Gasteiger partial charge >= 0.3 is 0 Å². The molecule has 26 heavy (non-hydrogen) atoms. The molecule has 3 rings (SSSR count). The fraction of sp³-hybridized carbons (Fsp3) is 0.450. The minimum Gasteiger partial charge on any atom is -0.380 e. The van der Waals surface area contributed by atoms with Gasteiger partial charge in [0.2, 0.25) is 0 Å². The van der Waals surface area contributed by atoms with Crippen LogP contribution in [0.25, 0.3) is 0 Å². The zero-order valence-electron chi connectivity index (χ0n) is 15.4. The van der Waals surface area contributed by atoms with Gasteiger partial charge in [-0.05, 0) is 37.5 Å². The number of nitrogens with zero attached hydrogens (tertiary/aromatic N) is 3. The van der Waals surface area contributed by atoms with Crippen LogP contribution in [0, 0.1) is 6.92 Å². The molecule has 1 aliphatic rings. The third-order valence-electron chi connectivity index (χ3n) is 4.70. The molecule has 0 N–H and O–H groups in total. The van der Waals surface area contributed by atoms with E-state index in [1.165, 1.54) is 0 Å². The zero-order chi connectivity index (χ0) is 18.4. The number of aryl methyl sites for hydroxylation is 2. The molecule has 0 bridgehead atoms. The molecule has 2 aromatic rings. The third-order valence-corrected chi connectivity index (χ3v) is 4.70. The molecular formula is C20H25N3O3. The van der Waals surface area contributed by atoms with Crippen LogP contribution in [-0.2, 0) is 22.5 Å². The van der Waals surface area contributed by atoms with Crippen LogP contribution in [0.15, 0.2) is 36.7 Å². The molecule has 6 nitrogen and oxygen atoms in total. The molecule has 2 heterocycles. The number of hydrogen-bond donors (Lipinski definition) is 0. The molecule has 1 saturated heterocycles. The lowest BCUT2D eigenvalue weighted by molar-refractivity contribution is -0.00414. The Labute approximate surface area is 154 Å². The van der Waals surface area contributed by atoms with Crippen molar-refractivity contribution >= 4 is 5.91 Å². The van der Waals surface area contributed by atoms with Crippen molar-refractivity contribution in [3.05, 3.63) is 59.2 Å². The van der Waals surface area contributed by atoms with E-state index < -0.39 is 0 Å². The van der Waals surface area contributed by atoms with E-state index >= 15 is 0 Å². The van der Waals surface area contributed by atoms with E-state index in [4.69, 9.17) is 9.47 Å². The van der Waals surface area contributed by atoms with Gasteiger partial charge in [0.1, 0.15) is 0 Å². The summed E-state index contributed by atoms with van der Waals surface area (Å²) < 4.78 is 10.7. The highest BCUT2D eigenvalue weighted by atomic mass is 16.5. The maximum atomic E-state index is 13.0. The highest BCUT2D eigenvalue weighted by molar-refractivity contribution is 5.94. The lowest BCUT2D eigenvalue weighted by Crippen LogP contribution is -2.48. The molecule has 1 atom stereocenters. The molecule has 0 radical (unpaired) electrons. The molecule has 1 aromatic heterocycles. The number of rotatable bonds is 6. The van der Waals surface area contributed by atoms with Gasteiger partial charge in [0, 0.05) is 31.6 Å². The fourth-order valence-electron chi connectivity index (χ4n) is 3.22. The van der Waals surface area contributed by atoms with Crippen LogP contribution in [0.3, 0.4) is 0 Å². The zero-order valence-corrected chi connectivity index (χ0v) is 15.4. The number of benzene rings is 1. The van der Waals surface area contributed by atoms with E-state index in [9.17, 15) is 4.79 Å². The Morgan fingerprint density at radius 3 is 2.77 bits per heavy atom. The minimum absolute atomic E-state index is 0.0521. The van der Waals surface area contributed by atoms with Crippen molar-refractivity contribution in [1.29, 1.82) is 0 Å². The maximum Gasteiger partial charge on any atom is 0.254 e. The molecule has 0 saturated carbocycles. The number of methoxy groups -OCH3 is 1. The number of carbonyl (C=O) groups is 1. The summed E-state index contributed by atoms with van der Waals surface area (Å²) in [5.74, 6) is 0.0538. The van der Waals surface area contributed by atoms with Gasteiger partial charge in [-0.1, -0.05) is 12.1 Å². The van der Waals surface area contributed by atoms with E-state index in [0.717, 1.165) is 29.8 Å². The minimum atomic E-state index is 0.0521. The average molecular weight is 355 g/mol. The Bertz CT molecular complexity index is 733. The van der Waals surface area contributed by atoms with Crippen molar-refractivity contribution in [1.82, 2.24) is 14.9 Å². The van der Waals surface area contributed by atoms with Crippen molar-refractivity contribution < 1.29 is 14.3 Å². The monoisotopic (exact) mass is 355 g/mol. The second-order valence-corrected chi connectivity index (χ2v) is 6.48. The smallest absolute Gasteiger partial charge is 0.254 e. The summed E-state index contributed by atoms with van der Waals surface area (Å²) in [4.78, 5) is 23.6. The van der Waals surface area contributed by atoms with Crippen LogP contribution in [0.5, 0.6) is 0 Å². The topological polar surface area (TPSA) is 64.5 Å². The standard InChI is InChI=1S/C20H25N3O3/c1-15-19(22-10-9-21-15)8-7-18-14-26-12-11-23(18)20(24)17-5-3-16(4-6-17)13-25-2/h3-6,9-10,18H,7-8,11-14H2,1-2H3/t18-/m1/s1. The first-order valence-electron chi connectivity index (χ1n) is 8.92.